The lowest BCUT2D eigenvalue weighted by Crippen LogP contribution is -1.97. The predicted octanol–water partition coefficient (Wildman–Crippen LogP) is 2.04. The minimum absolute atomic E-state index is 0.198. The van der Waals surface area contributed by atoms with Crippen LogP contribution in [0.5, 0.6) is 0 Å². The van der Waals surface area contributed by atoms with E-state index in [0.29, 0.717) is 5.69 Å². The van der Waals surface area contributed by atoms with Crippen LogP contribution in [-0.4, -0.2) is 25.8 Å². The van der Waals surface area contributed by atoms with E-state index in [0.717, 1.165) is 10.2 Å². The third-order valence-electron chi connectivity index (χ3n) is 2.13. The Kier molecular flexibility index (Phi) is 2.74. The highest BCUT2D eigenvalue weighted by Gasteiger charge is 2.13. The molecular formula is C10H8BrN3O2. The second kappa shape index (κ2) is 4.05. The van der Waals surface area contributed by atoms with Crippen LogP contribution in [-0.2, 0) is 0 Å². The second-order valence-electron chi connectivity index (χ2n) is 3.20. The van der Waals surface area contributed by atoms with Gasteiger partial charge in [-0.2, -0.15) is 5.10 Å². The number of nitrogens with zero attached hydrogens (tertiary/aromatic N) is 3. The standard InChI is InChI=1S/C10H8BrN3O2/c1-6-7(10(15)16)5-14(13-6)9-2-3-12-4-8(9)11/h2-5H,1H3,(H,15,16). The maximum Gasteiger partial charge on any atom is 0.339 e. The zero-order valence-corrected chi connectivity index (χ0v) is 9.97. The summed E-state index contributed by atoms with van der Waals surface area (Å²) in [5, 5.41) is 13.1. The summed E-state index contributed by atoms with van der Waals surface area (Å²) in [6.07, 6.45) is 4.74. The molecule has 2 heterocycles. The lowest BCUT2D eigenvalue weighted by atomic mass is 10.3. The molecule has 1 N–H and O–H groups in total. The molecule has 0 aliphatic carbocycles. The van der Waals surface area contributed by atoms with Crippen LogP contribution in [0, 0.1) is 6.92 Å². The summed E-state index contributed by atoms with van der Waals surface area (Å²) in [7, 11) is 0. The number of aryl methyl sites for hydroxylation is 1. The van der Waals surface area contributed by atoms with Crippen molar-refractivity contribution in [3.8, 4) is 5.69 Å². The van der Waals surface area contributed by atoms with Crippen LogP contribution in [0.3, 0.4) is 0 Å². The molecular weight excluding hydrogens is 274 g/mol. The molecule has 5 nitrogen and oxygen atoms in total. The highest BCUT2D eigenvalue weighted by atomic mass is 79.9. The fourth-order valence-corrected chi connectivity index (χ4v) is 1.78. The van der Waals surface area contributed by atoms with Crippen molar-refractivity contribution in [1.29, 1.82) is 0 Å². The van der Waals surface area contributed by atoms with E-state index in [9.17, 15) is 4.79 Å². The Morgan fingerprint density at radius 2 is 2.31 bits per heavy atom. The molecule has 0 aliphatic rings. The van der Waals surface area contributed by atoms with Gasteiger partial charge in [-0.1, -0.05) is 0 Å². The number of rotatable bonds is 2. The third-order valence-corrected chi connectivity index (χ3v) is 2.74. The van der Waals surface area contributed by atoms with Gasteiger partial charge in [0.15, 0.2) is 0 Å². The first-order valence-electron chi connectivity index (χ1n) is 4.49. The summed E-state index contributed by atoms with van der Waals surface area (Å²) in [4.78, 5) is 14.8. The van der Waals surface area contributed by atoms with E-state index in [1.807, 2.05) is 0 Å². The summed E-state index contributed by atoms with van der Waals surface area (Å²) in [5.41, 5.74) is 1.44. The first kappa shape index (κ1) is 10.8. The molecule has 2 rings (SSSR count). The molecule has 0 aromatic carbocycles. The number of aromatic carboxylic acids is 1. The molecule has 82 valence electrons. The number of halogens is 1. The van der Waals surface area contributed by atoms with Gasteiger partial charge in [0, 0.05) is 18.6 Å². The summed E-state index contributed by atoms with van der Waals surface area (Å²) in [5.74, 6) is -0.978. The van der Waals surface area contributed by atoms with Gasteiger partial charge in [0.25, 0.3) is 0 Å². The summed E-state index contributed by atoms with van der Waals surface area (Å²) in [6, 6.07) is 1.75. The van der Waals surface area contributed by atoms with Crippen molar-refractivity contribution in [2.45, 2.75) is 6.92 Å². The Hall–Kier alpha value is -1.69. The number of pyridine rings is 1. The van der Waals surface area contributed by atoms with Gasteiger partial charge >= 0.3 is 5.97 Å². The van der Waals surface area contributed by atoms with Crippen molar-refractivity contribution in [2.24, 2.45) is 0 Å². The molecule has 0 unspecified atom stereocenters. The Balaban J connectivity index is 2.54. The van der Waals surface area contributed by atoms with E-state index >= 15 is 0 Å². The summed E-state index contributed by atoms with van der Waals surface area (Å²) in [6.45, 7) is 1.66. The maximum atomic E-state index is 10.9. The van der Waals surface area contributed by atoms with Crippen LogP contribution in [0.25, 0.3) is 5.69 Å². The zero-order valence-electron chi connectivity index (χ0n) is 8.38. The second-order valence-corrected chi connectivity index (χ2v) is 4.06. The number of carbonyl (C=O) groups is 1. The van der Waals surface area contributed by atoms with Gasteiger partial charge in [0.05, 0.1) is 15.9 Å². The number of carboxylic acid groups (broad SMARTS) is 1. The van der Waals surface area contributed by atoms with E-state index in [-0.39, 0.29) is 5.56 Å². The summed E-state index contributed by atoms with van der Waals surface area (Å²) >= 11 is 3.33. The molecule has 0 spiro atoms. The molecule has 2 aromatic heterocycles. The molecule has 0 fully saturated rings. The Morgan fingerprint density at radius 1 is 1.56 bits per heavy atom. The average Bonchev–Trinajstić information content (AvgIpc) is 2.61. The normalized spacial score (nSPS) is 10.4. The van der Waals surface area contributed by atoms with Gasteiger partial charge in [-0.15, -0.1) is 0 Å². The van der Waals surface area contributed by atoms with Gasteiger partial charge in [-0.3, -0.25) is 4.98 Å². The number of hydrogen-bond donors (Lipinski definition) is 1. The van der Waals surface area contributed by atoms with Crippen LogP contribution in [0.2, 0.25) is 0 Å². The van der Waals surface area contributed by atoms with Crippen molar-refractivity contribution < 1.29 is 9.90 Å². The third kappa shape index (κ3) is 1.83. The predicted molar refractivity (Wildman–Crippen MR) is 60.8 cm³/mol. The van der Waals surface area contributed by atoms with E-state index < -0.39 is 5.97 Å². The van der Waals surface area contributed by atoms with Gasteiger partial charge < -0.3 is 5.11 Å². The van der Waals surface area contributed by atoms with Crippen molar-refractivity contribution in [3.05, 3.63) is 40.4 Å². The quantitative estimate of drug-likeness (QED) is 0.915. The largest absolute Gasteiger partial charge is 0.478 e. The van der Waals surface area contributed by atoms with Crippen LogP contribution in [0.15, 0.2) is 29.1 Å². The van der Waals surface area contributed by atoms with Gasteiger partial charge in [-0.25, -0.2) is 9.48 Å². The average molecular weight is 282 g/mol. The molecule has 0 bridgehead atoms. The highest BCUT2D eigenvalue weighted by Crippen LogP contribution is 2.19. The molecule has 6 heteroatoms. The molecule has 0 saturated carbocycles. The van der Waals surface area contributed by atoms with Crippen LogP contribution in [0.4, 0.5) is 0 Å². The smallest absolute Gasteiger partial charge is 0.339 e. The maximum absolute atomic E-state index is 10.9. The van der Waals surface area contributed by atoms with Crippen molar-refractivity contribution in [3.63, 3.8) is 0 Å². The minimum Gasteiger partial charge on any atom is -0.478 e. The molecule has 0 radical (unpaired) electrons. The fraction of sp³-hybridized carbons (Fsp3) is 0.100. The highest BCUT2D eigenvalue weighted by molar-refractivity contribution is 9.10. The number of carboxylic acids is 1. The molecule has 2 aromatic rings. The first-order chi connectivity index (χ1) is 7.59. The van der Waals surface area contributed by atoms with Crippen LogP contribution >= 0.6 is 15.9 Å². The van der Waals surface area contributed by atoms with Crippen molar-refractivity contribution >= 4 is 21.9 Å². The molecule has 0 aliphatic heterocycles. The van der Waals surface area contributed by atoms with Crippen molar-refractivity contribution in [2.75, 3.05) is 0 Å². The van der Waals surface area contributed by atoms with Crippen molar-refractivity contribution in [1.82, 2.24) is 14.8 Å². The SMILES string of the molecule is Cc1nn(-c2ccncc2Br)cc1C(=O)O. The first-order valence-corrected chi connectivity index (χ1v) is 5.28. The van der Waals surface area contributed by atoms with E-state index in [1.54, 1.807) is 25.4 Å². The van der Waals surface area contributed by atoms with Gasteiger partial charge in [0.2, 0.25) is 0 Å². The summed E-state index contributed by atoms with van der Waals surface area (Å²) < 4.78 is 2.28. The van der Waals surface area contributed by atoms with Crippen LogP contribution in [0.1, 0.15) is 16.1 Å². The van der Waals surface area contributed by atoms with E-state index in [1.165, 1.54) is 10.9 Å². The van der Waals surface area contributed by atoms with Crippen LogP contribution < -0.4 is 0 Å². The minimum atomic E-state index is -0.978. The molecule has 0 amide bonds. The Labute approximate surface area is 99.9 Å². The Morgan fingerprint density at radius 3 is 2.88 bits per heavy atom. The Bertz CT molecular complexity index is 551. The monoisotopic (exact) mass is 281 g/mol. The molecule has 0 atom stereocenters. The molecule has 0 saturated heterocycles. The topological polar surface area (TPSA) is 68.0 Å². The lowest BCUT2D eigenvalue weighted by molar-refractivity contribution is 0.0696. The molecule has 16 heavy (non-hydrogen) atoms. The van der Waals surface area contributed by atoms with Gasteiger partial charge in [0.1, 0.15) is 5.56 Å². The lowest BCUT2D eigenvalue weighted by Gasteiger charge is -2.02. The van der Waals surface area contributed by atoms with Gasteiger partial charge in [-0.05, 0) is 28.9 Å². The van der Waals surface area contributed by atoms with E-state index in [2.05, 4.69) is 26.0 Å². The fourth-order valence-electron chi connectivity index (χ4n) is 1.35. The zero-order chi connectivity index (χ0) is 11.7. The number of hydrogen-bond acceptors (Lipinski definition) is 3. The number of aromatic nitrogens is 3. The van der Waals surface area contributed by atoms with E-state index in [4.69, 9.17) is 5.11 Å².